The molecule has 0 bridgehead atoms. The molecule has 0 spiro atoms. The van der Waals surface area contributed by atoms with Crippen LogP contribution < -0.4 is 5.32 Å². The van der Waals surface area contributed by atoms with E-state index in [1.807, 2.05) is 0 Å². The number of likely N-dealkylation sites (tertiary alicyclic amines) is 1. The van der Waals surface area contributed by atoms with Crippen LogP contribution in [-0.4, -0.2) is 36.6 Å². The molecule has 0 radical (unpaired) electrons. The van der Waals surface area contributed by atoms with Gasteiger partial charge in [-0.15, -0.1) is 0 Å². The van der Waals surface area contributed by atoms with Crippen LogP contribution >= 0.6 is 0 Å². The summed E-state index contributed by atoms with van der Waals surface area (Å²) in [5.74, 6) is 0. The quantitative estimate of drug-likeness (QED) is 0.698. The van der Waals surface area contributed by atoms with Gasteiger partial charge in [-0.1, -0.05) is 6.92 Å². The Balaban J connectivity index is 2.00. The van der Waals surface area contributed by atoms with Crippen LogP contribution in [0.15, 0.2) is 0 Å². The van der Waals surface area contributed by atoms with E-state index in [9.17, 15) is 0 Å². The van der Waals surface area contributed by atoms with Gasteiger partial charge in [0.2, 0.25) is 0 Å². The molecule has 0 aromatic rings. The van der Waals surface area contributed by atoms with E-state index in [2.05, 4.69) is 31.0 Å². The minimum absolute atomic E-state index is 0.697. The summed E-state index contributed by atoms with van der Waals surface area (Å²) < 4.78 is 0. The summed E-state index contributed by atoms with van der Waals surface area (Å²) in [6, 6.07) is 1.53. The van der Waals surface area contributed by atoms with Gasteiger partial charge in [-0.05, 0) is 65.6 Å². The third-order valence-electron chi connectivity index (χ3n) is 3.52. The second-order valence-corrected chi connectivity index (χ2v) is 5.02. The first-order chi connectivity index (χ1) is 7.24. The van der Waals surface area contributed by atoms with Crippen LogP contribution in [0.1, 0.15) is 52.9 Å². The molecule has 1 aliphatic rings. The van der Waals surface area contributed by atoms with Gasteiger partial charge in [0.05, 0.1) is 0 Å². The highest BCUT2D eigenvalue weighted by molar-refractivity contribution is 4.75. The maximum Gasteiger partial charge on any atom is 0.00674 e. The predicted molar refractivity (Wildman–Crippen MR) is 67.3 cm³/mol. The molecule has 2 nitrogen and oxygen atoms in total. The molecule has 2 heteroatoms. The van der Waals surface area contributed by atoms with Crippen LogP contribution in [0.4, 0.5) is 0 Å². The fourth-order valence-electron chi connectivity index (χ4n) is 2.42. The molecule has 90 valence electrons. The molecule has 0 aliphatic carbocycles. The fraction of sp³-hybridized carbons (Fsp3) is 1.00. The fourth-order valence-corrected chi connectivity index (χ4v) is 2.42. The van der Waals surface area contributed by atoms with Crippen molar-refractivity contribution in [3.8, 4) is 0 Å². The molecule has 1 saturated heterocycles. The highest BCUT2D eigenvalue weighted by Gasteiger charge is 2.19. The van der Waals surface area contributed by atoms with Gasteiger partial charge in [-0.25, -0.2) is 0 Å². The number of hydrogen-bond acceptors (Lipinski definition) is 2. The van der Waals surface area contributed by atoms with Crippen LogP contribution in [0.3, 0.4) is 0 Å². The van der Waals surface area contributed by atoms with E-state index in [1.165, 1.54) is 51.7 Å². The monoisotopic (exact) mass is 212 g/mol. The molecule has 2 atom stereocenters. The Morgan fingerprint density at radius 2 is 2.27 bits per heavy atom. The van der Waals surface area contributed by atoms with Gasteiger partial charge in [-0.2, -0.15) is 0 Å². The van der Waals surface area contributed by atoms with E-state index in [4.69, 9.17) is 0 Å². The Labute approximate surface area is 95.4 Å². The van der Waals surface area contributed by atoms with E-state index in [0.717, 1.165) is 6.04 Å². The van der Waals surface area contributed by atoms with Crippen molar-refractivity contribution in [1.82, 2.24) is 10.2 Å². The van der Waals surface area contributed by atoms with Crippen LogP contribution in [-0.2, 0) is 0 Å². The van der Waals surface area contributed by atoms with E-state index in [-0.39, 0.29) is 0 Å². The van der Waals surface area contributed by atoms with Crippen molar-refractivity contribution >= 4 is 0 Å². The van der Waals surface area contributed by atoms with Crippen molar-refractivity contribution in [3.05, 3.63) is 0 Å². The van der Waals surface area contributed by atoms with Gasteiger partial charge < -0.3 is 10.2 Å². The number of rotatable bonds is 7. The van der Waals surface area contributed by atoms with Crippen LogP contribution in [0.5, 0.6) is 0 Å². The molecule has 0 aromatic carbocycles. The zero-order valence-electron chi connectivity index (χ0n) is 10.8. The smallest absolute Gasteiger partial charge is 0.00674 e. The van der Waals surface area contributed by atoms with Crippen LogP contribution in [0.25, 0.3) is 0 Å². The van der Waals surface area contributed by atoms with E-state index in [0.29, 0.717) is 6.04 Å². The lowest BCUT2D eigenvalue weighted by Crippen LogP contribution is -2.31. The van der Waals surface area contributed by atoms with Crippen molar-refractivity contribution in [1.29, 1.82) is 0 Å². The highest BCUT2D eigenvalue weighted by atomic mass is 15.2. The topological polar surface area (TPSA) is 15.3 Å². The predicted octanol–water partition coefficient (Wildman–Crippen LogP) is 2.64. The van der Waals surface area contributed by atoms with Crippen molar-refractivity contribution in [2.45, 2.75) is 65.0 Å². The lowest BCUT2D eigenvalue weighted by atomic mass is 10.1. The molecule has 2 unspecified atom stereocenters. The van der Waals surface area contributed by atoms with Gasteiger partial charge in [0.15, 0.2) is 0 Å². The summed E-state index contributed by atoms with van der Waals surface area (Å²) >= 11 is 0. The number of hydrogen-bond donors (Lipinski definition) is 1. The summed E-state index contributed by atoms with van der Waals surface area (Å²) in [5, 5.41) is 3.55. The molecule has 1 rings (SSSR count). The molecule has 15 heavy (non-hydrogen) atoms. The van der Waals surface area contributed by atoms with E-state index >= 15 is 0 Å². The average Bonchev–Trinajstić information content (AvgIpc) is 2.61. The lowest BCUT2D eigenvalue weighted by Gasteiger charge is -2.22. The Hall–Kier alpha value is -0.0800. The lowest BCUT2D eigenvalue weighted by molar-refractivity contribution is 0.259. The molecule has 1 fully saturated rings. The van der Waals surface area contributed by atoms with Crippen molar-refractivity contribution in [2.75, 3.05) is 19.6 Å². The standard InChI is InChI=1S/C13H28N2/c1-4-9-14-12(2)7-5-10-15-11-6-8-13(15)3/h12-14H,4-11H2,1-3H3. The second kappa shape index (κ2) is 7.24. The Morgan fingerprint density at radius 1 is 1.47 bits per heavy atom. The zero-order chi connectivity index (χ0) is 11.1. The van der Waals surface area contributed by atoms with E-state index in [1.54, 1.807) is 0 Å². The van der Waals surface area contributed by atoms with Crippen LogP contribution in [0.2, 0.25) is 0 Å². The first-order valence-electron chi connectivity index (χ1n) is 6.71. The summed E-state index contributed by atoms with van der Waals surface area (Å²) in [4.78, 5) is 2.65. The van der Waals surface area contributed by atoms with Gasteiger partial charge in [-0.3, -0.25) is 0 Å². The summed E-state index contributed by atoms with van der Waals surface area (Å²) in [6.07, 6.45) is 6.73. The number of nitrogens with zero attached hydrogens (tertiary/aromatic N) is 1. The molecule has 0 saturated carbocycles. The molecule has 1 heterocycles. The third-order valence-corrected chi connectivity index (χ3v) is 3.52. The first-order valence-corrected chi connectivity index (χ1v) is 6.71. The molecule has 1 N–H and O–H groups in total. The molecule has 0 amide bonds. The summed E-state index contributed by atoms with van der Waals surface area (Å²) in [7, 11) is 0. The van der Waals surface area contributed by atoms with Gasteiger partial charge in [0.25, 0.3) is 0 Å². The third kappa shape index (κ3) is 4.98. The molecular weight excluding hydrogens is 184 g/mol. The Kier molecular flexibility index (Phi) is 6.26. The minimum atomic E-state index is 0.697. The molecular formula is C13H28N2. The molecule has 1 aliphatic heterocycles. The summed E-state index contributed by atoms with van der Waals surface area (Å²) in [5.41, 5.74) is 0. The van der Waals surface area contributed by atoms with E-state index < -0.39 is 0 Å². The van der Waals surface area contributed by atoms with Gasteiger partial charge >= 0.3 is 0 Å². The van der Waals surface area contributed by atoms with Gasteiger partial charge in [0.1, 0.15) is 0 Å². The first kappa shape index (κ1) is 13.0. The second-order valence-electron chi connectivity index (χ2n) is 5.02. The van der Waals surface area contributed by atoms with Crippen molar-refractivity contribution < 1.29 is 0 Å². The highest BCUT2D eigenvalue weighted by Crippen LogP contribution is 2.16. The minimum Gasteiger partial charge on any atom is -0.314 e. The van der Waals surface area contributed by atoms with Crippen molar-refractivity contribution in [2.24, 2.45) is 0 Å². The Morgan fingerprint density at radius 3 is 2.87 bits per heavy atom. The largest absolute Gasteiger partial charge is 0.314 e. The summed E-state index contributed by atoms with van der Waals surface area (Å²) in [6.45, 7) is 10.7. The maximum atomic E-state index is 3.55. The number of nitrogens with one attached hydrogen (secondary N) is 1. The SMILES string of the molecule is CCCNC(C)CCCN1CCCC1C. The van der Waals surface area contributed by atoms with Crippen LogP contribution in [0, 0.1) is 0 Å². The molecule has 0 aromatic heterocycles. The van der Waals surface area contributed by atoms with Crippen molar-refractivity contribution in [3.63, 3.8) is 0 Å². The maximum absolute atomic E-state index is 3.55. The van der Waals surface area contributed by atoms with Gasteiger partial charge in [0, 0.05) is 12.1 Å². The normalized spacial score (nSPS) is 24.6. The Bertz CT molecular complexity index is 159. The zero-order valence-corrected chi connectivity index (χ0v) is 10.8. The average molecular weight is 212 g/mol.